The zero-order valence-corrected chi connectivity index (χ0v) is 10.1. The number of pyridine rings is 1. The number of piperidine rings is 1. The minimum absolute atomic E-state index is 0. The number of nitrogens with zero attached hydrogens (tertiary/aromatic N) is 3. The van der Waals surface area contributed by atoms with Crippen molar-refractivity contribution >= 4 is 23.9 Å². The van der Waals surface area contributed by atoms with Gasteiger partial charge in [-0.1, -0.05) is 0 Å². The van der Waals surface area contributed by atoms with E-state index in [2.05, 4.69) is 4.98 Å². The first-order valence-electron chi connectivity index (χ1n) is 5.28. The third-order valence-electron chi connectivity index (χ3n) is 2.80. The molecule has 1 aliphatic rings. The molecule has 0 saturated carbocycles. The molecule has 2 N–H and O–H groups in total. The van der Waals surface area contributed by atoms with Gasteiger partial charge in [0.05, 0.1) is 4.92 Å². The molecule has 0 radical (unpaired) electrons. The lowest BCUT2D eigenvalue weighted by molar-refractivity contribution is -0.384. The molecule has 2 heterocycles. The number of hydrogen-bond acceptors (Lipinski definition) is 5. The molecule has 0 atom stereocenters. The van der Waals surface area contributed by atoms with Crippen molar-refractivity contribution in [1.82, 2.24) is 4.98 Å². The minimum atomic E-state index is -0.392. The fourth-order valence-electron chi connectivity index (χ4n) is 1.89. The van der Waals surface area contributed by atoms with Gasteiger partial charge in [-0.15, -0.1) is 12.4 Å². The van der Waals surface area contributed by atoms with Crippen LogP contribution >= 0.6 is 12.4 Å². The quantitative estimate of drug-likeness (QED) is 0.639. The summed E-state index contributed by atoms with van der Waals surface area (Å²) in [6, 6.07) is 3.27. The monoisotopic (exact) mass is 258 g/mol. The van der Waals surface area contributed by atoms with Crippen molar-refractivity contribution in [2.75, 3.05) is 18.0 Å². The fourth-order valence-corrected chi connectivity index (χ4v) is 1.89. The highest BCUT2D eigenvalue weighted by molar-refractivity contribution is 5.85. The Kier molecular flexibility index (Phi) is 4.65. The average Bonchev–Trinajstić information content (AvgIpc) is 2.30. The van der Waals surface area contributed by atoms with Gasteiger partial charge in [-0.25, -0.2) is 4.98 Å². The third-order valence-corrected chi connectivity index (χ3v) is 2.80. The summed E-state index contributed by atoms with van der Waals surface area (Å²) in [6.45, 7) is 1.47. The second-order valence-corrected chi connectivity index (χ2v) is 3.93. The summed E-state index contributed by atoms with van der Waals surface area (Å²) in [5, 5.41) is 10.8. The minimum Gasteiger partial charge on any atom is -0.351 e. The summed E-state index contributed by atoms with van der Waals surface area (Å²) in [6.07, 6.45) is 3.29. The number of anilines is 1. The normalized spacial score (nSPS) is 16.4. The maximum atomic E-state index is 10.8. The van der Waals surface area contributed by atoms with Crippen LogP contribution in [0.5, 0.6) is 0 Å². The molecule has 0 aliphatic carbocycles. The van der Waals surface area contributed by atoms with E-state index in [0.29, 0.717) is 5.82 Å². The summed E-state index contributed by atoms with van der Waals surface area (Å²) in [4.78, 5) is 16.5. The van der Waals surface area contributed by atoms with E-state index in [1.54, 1.807) is 12.3 Å². The van der Waals surface area contributed by atoms with Crippen LogP contribution in [0.3, 0.4) is 0 Å². The Bertz CT molecular complexity index is 394. The second kappa shape index (κ2) is 5.79. The van der Waals surface area contributed by atoms with Gasteiger partial charge in [-0.2, -0.15) is 0 Å². The van der Waals surface area contributed by atoms with Crippen LogP contribution in [0, 0.1) is 10.1 Å². The largest absolute Gasteiger partial charge is 0.351 e. The Labute approximate surface area is 105 Å². The van der Waals surface area contributed by atoms with Crippen LogP contribution in [0.2, 0.25) is 0 Å². The molecule has 1 aromatic heterocycles. The SMILES string of the molecule is Cl.NC1CCN(c2ncccc2[N+](=O)[O-])CC1. The number of halogens is 1. The summed E-state index contributed by atoms with van der Waals surface area (Å²) in [5.74, 6) is 0.458. The highest BCUT2D eigenvalue weighted by atomic mass is 35.5. The van der Waals surface area contributed by atoms with Gasteiger partial charge in [0.2, 0.25) is 5.82 Å². The van der Waals surface area contributed by atoms with Gasteiger partial charge in [-0.05, 0) is 18.9 Å². The molecule has 2 rings (SSSR count). The van der Waals surface area contributed by atoms with Gasteiger partial charge in [0.1, 0.15) is 0 Å². The Hall–Kier alpha value is -1.40. The molecule has 0 amide bonds. The van der Waals surface area contributed by atoms with Crippen LogP contribution in [0.1, 0.15) is 12.8 Å². The van der Waals surface area contributed by atoms with Gasteiger partial charge in [0.25, 0.3) is 0 Å². The molecular weight excluding hydrogens is 244 g/mol. The third kappa shape index (κ3) is 3.04. The Balaban J connectivity index is 0.00000144. The molecule has 0 spiro atoms. The molecule has 6 nitrogen and oxygen atoms in total. The topological polar surface area (TPSA) is 85.3 Å². The molecule has 1 aromatic rings. The standard InChI is InChI=1S/C10H14N4O2.ClH/c11-8-3-6-13(7-4-8)10-9(14(15)16)2-1-5-12-10;/h1-2,5,8H,3-4,6-7,11H2;1H. The van der Waals surface area contributed by atoms with Crippen molar-refractivity contribution in [2.45, 2.75) is 18.9 Å². The lowest BCUT2D eigenvalue weighted by Crippen LogP contribution is -2.40. The predicted octanol–water partition coefficient (Wildman–Crippen LogP) is 1.34. The molecule has 1 saturated heterocycles. The first kappa shape index (κ1) is 13.7. The molecule has 94 valence electrons. The lowest BCUT2D eigenvalue weighted by atomic mass is 10.1. The smallest absolute Gasteiger partial charge is 0.311 e. The van der Waals surface area contributed by atoms with Gasteiger partial charge in [0, 0.05) is 31.4 Å². The summed E-state index contributed by atoms with van der Waals surface area (Å²) in [5.41, 5.74) is 5.86. The highest BCUT2D eigenvalue weighted by Gasteiger charge is 2.23. The van der Waals surface area contributed by atoms with E-state index < -0.39 is 4.92 Å². The average molecular weight is 259 g/mol. The zero-order chi connectivity index (χ0) is 11.5. The molecule has 17 heavy (non-hydrogen) atoms. The van der Waals surface area contributed by atoms with Gasteiger partial charge < -0.3 is 10.6 Å². The van der Waals surface area contributed by atoms with Crippen molar-refractivity contribution in [3.63, 3.8) is 0 Å². The van der Waals surface area contributed by atoms with E-state index in [0.717, 1.165) is 25.9 Å². The van der Waals surface area contributed by atoms with E-state index in [1.807, 2.05) is 4.90 Å². The van der Waals surface area contributed by atoms with E-state index in [-0.39, 0.29) is 24.1 Å². The van der Waals surface area contributed by atoms with Gasteiger partial charge in [0.15, 0.2) is 0 Å². The van der Waals surface area contributed by atoms with Crippen LogP contribution in [-0.2, 0) is 0 Å². The van der Waals surface area contributed by atoms with E-state index in [9.17, 15) is 10.1 Å². The molecule has 0 unspecified atom stereocenters. The molecular formula is C10H15ClN4O2. The second-order valence-electron chi connectivity index (χ2n) is 3.93. The van der Waals surface area contributed by atoms with Crippen molar-refractivity contribution in [3.05, 3.63) is 28.4 Å². The summed E-state index contributed by atoms with van der Waals surface area (Å²) >= 11 is 0. The van der Waals surface area contributed by atoms with Crippen molar-refractivity contribution < 1.29 is 4.92 Å². The van der Waals surface area contributed by atoms with Crippen molar-refractivity contribution in [2.24, 2.45) is 5.73 Å². The van der Waals surface area contributed by atoms with Crippen molar-refractivity contribution in [1.29, 1.82) is 0 Å². The van der Waals surface area contributed by atoms with Gasteiger partial charge >= 0.3 is 5.69 Å². The number of hydrogen-bond donors (Lipinski definition) is 1. The van der Waals surface area contributed by atoms with Crippen LogP contribution in [0.4, 0.5) is 11.5 Å². The van der Waals surface area contributed by atoms with Crippen LogP contribution < -0.4 is 10.6 Å². The maximum absolute atomic E-state index is 10.8. The first-order chi connectivity index (χ1) is 7.68. The van der Waals surface area contributed by atoms with E-state index in [4.69, 9.17) is 5.73 Å². The number of aromatic nitrogens is 1. The molecule has 1 aliphatic heterocycles. The highest BCUT2D eigenvalue weighted by Crippen LogP contribution is 2.26. The maximum Gasteiger partial charge on any atom is 0.311 e. The molecule has 0 bridgehead atoms. The molecule has 1 fully saturated rings. The molecule has 0 aromatic carbocycles. The Morgan fingerprint density at radius 1 is 1.47 bits per heavy atom. The number of nitrogens with two attached hydrogens (primary N) is 1. The summed E-state index contributed by atoms with van der Waals surface area (Å²) in [7, 11) is 0. The first-order valence-corrected chi connectivity index (χ1v) is 5.28. The van der Waals surface area contributed by atoms with Crippen LogP contribution in [0.25, 0.3) is 0 Å². The Morgan fingerprint density at radius 3 is 2.71 bits per heavy atom. The van der Waals surface area contributed by atoms with Crippen LogP contribution in [-0.4, -0.2) is 29.0 Å². The van der Waals surface area contributed by atoms with E-state index >= 15 is 0 Å². The van der Waals surface area contributed by atoms with Crippen molar-refractivity contribution in [3.8, 4) is 0 Å². The summed E-state index contributed by atoms with van der Waals surface area (Å²) < 4.78 is 0. The number of rotatable bonds is 2. The lowest BCUT2D eigenvalue weighted by Gasteiger charge is -2.30. The van der Waals surface area contributed by atoms with Gasteiger partial charge in [-0.3, -0.25) is 10.1 Å². The fraction of sp³-hybridized carbons (Fsp3) is 0.500. The predicted molar refractivity (Wildman–Crippen MR) is 67.6 cm³/mol. The Morgan fingerprint density at radius 2 is 2.12 bits per heavy atom. The van der Waals surface area contributed by atoms with E-state index in [1.165, 1.54) is 6.07 Å². The molecule has 7 heteroatoms. The number of nitro groups is 1. The zero-order valence-electron chi connectivity index (χ0n) is 9.28. The van der Waals surface area contributed by atoms with Crippen LogP contribution in [0.15, 0.2) is 18.3 Å².